The molecule has 0 saturated heterocycles. The van der Waals surface area contributed by atoms with Gasteiger partial charge >= 0.3 is 11.8 Å². The van der Waals surface area contributed by atoms with Crippen molar-refractivity contribution in [2.75, 3.05) is 10.2 Å². The third-order valence-electron chi connectivity index (χ3n) is 3.65. The van der Waals surface area contributed by atoms with E-state index in [4.69, 9.17) is 0 Å². The monoisotopic (exact) mass is 280 g/mol. The third-order valence-corrected chi connectivity index (χ3v) is 3.65. The molecule has 1 atom stereocenters. The summed E-state index contributed by atoms with van der Waals surface area (Å²) in [6, 6.07) is 16.7. The number of carbonyl (C=O) groups excluding carboxylic acids is 2. The average molecular weight is 280 g/mol. The Morgan fingerprint density at radius 2 is 1.71 bits per heavy atom. The number of nitrogens with one attached hydrogen (secondary N) is 1. The Kier molecular flexibility index (Phi) is 3.44. The fourth-order valence-electron chi connectivity index (χ4n) is 2.69. The zero-order chi connectivity index (χ0) is 14.8. The van der Waals surface area contributed by atoms with Crippen LogP contribution in [-0.4, -0.2) is 17.9 Å². The zero-order valence-electron chi connectivity index (χ0n) is 11.7. The van der Waals surface area contributed by atoms with E-state index in [1.165, 1.54) is 0 Å². The number of hydrogen-bond acceptors (Lipinski definition) is 2. The Bertz CT molecular complexity index is 682. The topological polar surface area (TPSA) is 49.4 Å². The van der Waals surface area contributed by atoms with Crippen molar-refractivity contribution in [2.45, 2.75) is 19.4 Å². The Morgan fingerprint density at radius 3 is 2.48 bits per heavy atom. The molecule has 0 saturated carbocycles. The molecule has 1 aliphatic heterocycles. The van der Waals surface area contributed by atoms with Crippen LogP contribution in [-0.2, 0) is 16.0 Å². The predicted octanol–water partition coefficient (Wildman–Crippen LogP) is 2.60. The van der Waals surface area contributed by atoms with Crippen LogP contribution in [0.3, 0.4) is 0 Å². The lowest BCUT2D eigenvalue weighted by atomic mass is 10.1. The molecule has 106 valence electrons. The molecule has 1 aliphatic rings. The first-order chi connectivity index (χ1) is 10.2. The molecule has 2 amide bonds. The largest absolute Gasteiger partial charge is 0.318 e. The predicted molar refractivity (Wildman–Crippen MR) is 82.2 cm³/mol. The molecular formula is C17H16N2O2. The minimum atomic E-state index is -0.607. The maximum absolute atomic E-state index is 12.4. The van der Waals surface area contributed by atoms with Gasteiger partial charge < -0.3 is 10.2 Å². The highest BCUT2D eigenvalue weighted by atomic mass is 16.2. The van der Waals surface area contributed by atoms with Crippen LogP contribution in [0.4, 0.5) is 11.4 Å². The number of anilines is 2. The highest BCUT2D eigenvalue weighted by Gasteiger charge is 2.33. The molecule has 4 heteroatoms. The summed E-state index contributed by atoms with van der Waals surface area (Å²) < 4.78 is 0. The third kappa shape index (κ3) is 2.52. The number of para-hydroxylation sites is 2. The van der Waals surface area contributed by atoms with Crippen molar-refractivity contribution in [2.24, 2.45) is 0 Å². The summed E-state index contributed by atoms with van der Waals surface area (Å²) >= 11 is 0. The second kappa shape index (κ2) is 5.40. The van der Waals surface area contributed by atoms with E-state index in [-0.39, 0.29) is 6.04 Å². The fourth-order valence-corrected chi connectivity index (χ4v) is 2.69. The molecule has 3 rings (SSSR count). The lowest BCUT2D eigenvalue weighted by Gasteiger charge is -2.21. The van der Waals surface area contributed by atoms with E-state index in [1.807, 2.05) is 49.4 Å². The smallest absolute Gasteiger partial charge is 0.316 e. The van der Waals surface area contributed by atoms with Crippen molar-refractivity contribution in [3.05, 3.63) is 60.2 Å². The summed E-state index contributed by atoms with van der Waals surface area (Å²) in [5.74, 6) is -1.12. The lowest BCUT2D eigenvalue weighted by molar-refractivity contribution is -0.134. The molecule has 0 aliphatic carbocycles. The van der Waals surface area contributed by atoms with Crippen LogP contribution in [0.25, 0.3) is 0 Å². The van der Waals surface area contributed by atoms with E-state index >= 15 is 0 Å². The summed E-state index contributed by atoms with van der Waals surface area (Å²) in [4.78, 5) is 26.2. The molecule has 21 heavy (non-hydrogen) atoms. The highest BCUT2D eigenvalue weighted by molar-refractivity contribution is 6.44. The van der Waals surface area contributed by atoms with Crippen molar-refractivity contribution in [3.63, 3.8) is 0 Å². The van der Waals surface area contributed by atoms with E-state index in [1.54, 1.807) is 17.0 Å². The van der Waals surface area contributed by atoms with Gasteiger partial charge in [0.05, 0.1) is 0 Å². The molecule has 1 unspecified atom stereocenters. The number of rotatable bonds is 1. The van der Waals surface area contributed by atoms with Crippen molar-refractivity contribution in [3.8, 4) is 0 Å². The van der Waals surface area contributed by atoms with E-state index in [9.17, 15) is 9.59 Å². The van der Waals surface area contributed by atoms with E-state index in [0.717, 1.165) is 17.7 Å². The summed E-state index contributed by atoms with van der Waals surface area (Å²) in [6.07, 6.45) is 0.778. The maximum Gasteiger partial charge on any atom is 0.316 e. The first-order valence-electron chi connectivity index (χ1n) is 6.94. The number of fused-ring (bicyclic) bond motifs is 1. The molecule has 0 aromatic heterocycles. The van der Waals surface area contributed by atoms with Gasteiger partial charge in [-0.25, -0.2) is 0 Å². The molecule has 1 heterocycles. The molecule has 2 aromatic rings. The van der Waals surface area contributed by atoms with Crippen LogP contribution < -0.4 is 10.2 Å². The molecule has 4 nitrogen and oxygen atoms in total. The molecule has 2 aromatic carbocycles. The van der Waals surface area contributed by atoms with Gasteiger partial charge in [-0.05, 0) is 37.1 Å². The van der Waals surface area contributed by atoms with Gasteiger partial charge in [0.2, 0.25) is 0 Å². The van der Waals surface area contributed by atoms with Crippen molar-refractivity contribution < 1.29 is 9.59 Å². The van der Waals surface area contributed by atoms with E-state index in [0.29, 0.717) is 5.69 Å². The van der Waals surface area contributed by atoms with Gasteiger partial charge in [0, 0.05) is 17.4 Å². The number of carbonyl (C=O) groups is 2. The van der Waals surface area contributed by atoms with Gasteiger partial charge in [0.1, 0.15) is 0 Å². The molecule has 0 bridgehead atoms. The Labute approximate surface area is 123 Å². The SMILES string of the molecule is CC1Cc2ccccc2N1C(=O)C(=O)Nc1ccccc1. The van der Waals surface area contributed by atoms with Crippen LogP contribution in [0.15, 0.2) is 54.6 Å². The van der Waals surface area contributed by atoms with Gasteiger partial charge in [-0.15, -0.1) is 0 Å². The molecule has 0 fully saturated rings. The number of hydrogen-bond donors (Lipinski definition) is 1. The highest BCUT2D eigenvalue weighted by Crippen LogP contribution is 2.31. The zero-order valence-corrected chi connectivity index (χ0v) is 11.7. The summed E-state index contributed by atoms with van der Waals surface area (Å²) in [7, 11) is 0. The number of benzene rings is 2. The van der Waals surface area contributed by atoms with Crippen molar-refractivity contribution in [1.82, 2.24) is 0 Å². The van der Waals surface area contributed by atoms with E-state index in [2.05, 4.69) is 5.32 Å². The minimum absolute atomic E-state index is 0.00331. The molecular weight excluding hydrogens is 264 g/mol. The Balaban J connectivity index is 1.81. The van der Waals surface area contributed by atoms with Crippen LogP contribution in [0.2, 0.25) is 0 Å². The number of nitrogens with zero attached hydrogens (tertiary/aromatic N) is 1. The van der Waals surface area contributed by atoms with E-state index < -0.39 is 11.8 Å². The quantitative estimate of drug-likeness (QED) is 0.816. The van der Waals surface area contributed by atoms with Gasteiger partial charge in [0.15, 0.2) is 0 Å². The Morgan fingerprint density at radius 1 is 1.05 bits per heavy atom. The minimum Gasteiger partial charge on any atom is -0.318 e. The first kappa shape index (κ1) is 13.4. The van der Waals surface area contributed by atoms with Gasteiger partial charge in [-0.1, -0.05) is 36.4 Å². The van der Waals surface area contributed by atoms with Crippen molar-refractivity contribution in [1.29, 1.82) is 0 Å². The normalized spacial score (nSPS) is 16.4. The Hall–Kier alpha value is -2.62. The maximum atomic E-state index is 12.4. The van der Waals surface area contributed by atoms with Gasteiger partial charge in [0.25, 0.3) is 0 Å². The van der Waals surface area contributed by atoms with Crippen LogP contribution >= 0.6 is 0 Å². The standard InChI is InChI=1S/C17H16N2O2/c1-12-11-13-7-5-6-10-15(13)19(12)17(21)16(20)18-14-8-3-2-4-9-14/h2-10,12H,11H2,1H3,(H,18,20). The molecule has 0 radical (unpaired) electrons. The summed E-state index contributed by atoms with van der Waals surface area (Å²) in [5.41, 5.74) is 2.56. The van der Waals surface area contributed by atoms with Crippen molar-refractivity contribution >= 4 is 23.2 Å². The van der Waals surface area contributed by atoms with Crippen LogP contribution in [0.1, 0.15) is 12.5 Å². The fraction of sp³-hybridized carbons (Fsp3) is 0.176. The number of amides is 2. The van der Waals surface area contributed by atoms with Crippen LogP contribution in [0.5, 0.6) is 0 Å². The summed E-state index contributed by atoms with van der Waals surface area (Å²) in [6.45, 7) is 1.95. The average Bonchev–Trinajstić information content (AvgIpc) is 2.83. The second-order valence-corrected chi connectivity index (χ2v) is 5.18. The molecule has 1 N–H and O–H groups in total. The second-order valence-electron chi connectivity index (χ2n) is 5.18. The van der Waals surface area contributed by atoms with Gasteiger partial charge in [-0.3, -0.25) is 9.59 Å². The first-order valence-corrected chi connectivity index (χ1v) is 6.94. The lowest BCUT2D eigenvalue weighted by Crippen LogP contribution is -2.43. The van der Waals surface area contributed by atoms with Gasteiger partial charge in [-0.2, -0.15) is 0 Å². The van der Waals surface area contributed by atoms with Crippen LogP contribution in [0, 0.1) is 0 Å². The summed E-state index contributed by atoms with van der Waals surface area (Å²) in [5, 5.41) is 2.64. The molecule has 0 spiro atoms.